The van der Waals surface area contributed by atoms with Crippen LogP contribution in [0.25, 0.3) is 33.5 Å². The molecule has 7 heteroatoms. The number of aromatic amines is 1. The average molecular weight is 339 g/mol. The summed E-state index contributed by atoms with van der Waals surface area (Å²) in [4.78, 5) is 16.3. The molecule has 0 unspecified atom stereocenters. The fourth-order valence-corrected chi connectivity index (χ4v) is 3.91. The molecule has 4 heterocycles. The molecular formula is C17H15ClN6. The van der Waals surface area contributed by atoms with E-state index in [0.717, 1.165) is 46.3 Å². The van der Waals surface area contributed by atoms with E-state index in [1.54, 1.807) is 12.5 Å². The first-order valence-electron chi connectivity index (χ1n) is 8.13. The molecule has 0 amide bonds. The summed E-state index contributed by atoms with van der Waals surface area (Å²) >= 11 is 6.60. The van der Waals surface area contributed by atoms with Crippen LogP contribution in [0.5, 0.6) is 0 Å². The molecule has 0 aliphatic heterocycles. The van der Waals surface area contributed by atoms with Crippen molar-refractivity contribution in [2.45, 2.75) is 31.7 Å². The minimum Gasteiger partial charge on any atom is -0.337 e. The van der Waals surface area contributed by atoms with Crippen LogP contribution in [0, 0.1) is 0 Å². The van der Waals surface area contributed by atoms with Crippen molar-refractivity contribution in [1.82, 2.24) is 29.7 Å². The molecule has 24 heavy (non-hydrogen) atoms. The Morgan fingerprint density at radius 1 is 1.17 bits per heavy atom. The molecule has 0 bridgehead atoms. The van der Waals surface area contributed by atoms with Crippen LogP contribution in [0.15, 0.2) is 30.9 Å². The number of rotatable bonds is 2. The molecule has 1 aliphatic carbocycles. The van der Waals surface area contributed by atoms with Gasteiger partial charge in [-0.3, -0.25) is 0 Å². The van der Waals surface area contributed by atoms with Gasteiger partial charge in [0.25, 0.3) is 0 Å². The first-order chi connectivity index (χ1) is 11.8. The van der Waals surface area contributed by atoms with E-state index >= 15 is 0 Å². The molecule has 6 nitrogen and oxygen atoms in total. The fraction of sp³-hybridized carbons (Fsp3) is 0.294. The van der Waals surface area contributed by atoms with Crippen LogP contribution in [-0.4, -0.2) is 29.7 Å². The molecule has 120 valence electrons. The quantitative estimate of drug-likeness (QED) is 0.596. The molecule has 4 aromatic rings. The highest BCUT2D eigenvalue weighted by atomic mass is 35.5. The van der Waals surface area contributed by atoms with Crippen LogP contribution >= 0.6 is 11.6 Å². The maximum Gasteiger partial charge on any atom is 0.162 e. The third kappa shape index (κ3) is 1.96. The Morgan fingerprint density at radius 2 is 2.04 bits per heavy atom. The molecule has 0 spiro atoms. The summed E-state index contributed by atoms with van der Waals surface area (Å²) in [6.07, 6.45) is 9.90. The van der Waals surface area contributed by atoms with Crippen molar-refractivity contribution >= 4 is 33.7 Å². The van der Waals surface area contributed by atoms with E-state index in [1.165, 1.54) is 12.8 Å². The SMILES string of the molecule is Clc1c(-c2nn(C3CCCC3)c3ncncc23)[nH]c2ncccc12. The summed E-state index contributed by atoms with van der Waals surface area (Å²) in [6.45, 7) is 0. The number of aromatic nitrogens is 6. The van der Waals surface area contributed by atoms with Crippen LogP contribution in [-0.2, 0) is 0 Å². The minimum absolute atomic E-state index is 0.400. The van der Waals surface area contributed by atoms with E-state index in [1.807, 2.05) is 18.3 Å². The highest BCUT2D eigenvalue weighted by Gasteiger charge is 2.25. The minimum atomic E-state index is 0.400. The van der Waals surface area contributed by atoms with Gasteiger partial charge in [0, 0.05) is 17.8 Å². The van der Waals surface area contributed by atoms with Gasteiger partial charge < -0.3 is 4.98 Å². The zero-order valence-electron chi connectivity index (χ0n) is 12.9. The summed E-state index contributed by atoms with van der Waals surface area (Å²) in [7, 11) is 0. The normalized spacial score (nSPS) is 15.7. The summed E-state index contributed by atoms with van der Waals surface area (Å²) in [5.74, 6) is 0. The summed E-state index contributed by atoms with van der Waals surface area (Å²) < 4.78 is 2.05. The molecule has 0 radical (unpaired) electrons. The Hall–Kier alpha value is -2.47. The highest BCUT2D eigenvalue weighted by Crippen LogP contribution is 2.38. The Morgan fingerprint density at radius 3 is 2.88 bits per heavy atom. The molecule has 0 atom stereocenters. The predicted octanol–water partition coefficient (Wildman–Crippen LogP) is 4.14. The molecule has 0 aromatic carbocycles. The topological polar surface area (TPSA) is 72.3 Å². The van der Waals surface area contributed by atoms with Gasteiger partial charge in [0.05, 0.1) is 22.1 Å². The Labute approximate surface area is 142 Å². The standard InChI is InChI=1S/C17H15ClN6/c18-13-11-6-3-7-20-16(11)22-15(13)14-12-8-19-9-21-17(12)24(23-14)10-4-1-2-5-10/h3,6-10H,1-2,4-5H2,(H,20,22). The molecule has 1 N–H and O–H groups in total. The highest BCUT2D eigenvalue weighted by molar-refractivity contribution is 6.38. The van der Waals surface area contributed by atoms with E-state index in [4.69, 9.17) is 16.7 Å². The summed E-state index contributed by atoms with van der Waals surface area (Å²) in [5.41, 5.74) is 3.20. The van der Waals surface area contributed by atoms with Crippen molar-refractivity contribution in [3.05, 3.63) is 35.9 Å². The molecular weight excluding hydrogens is 324 g/mol. The Balaban J connectivity index is 1.78. The van der Waals surface area contributed by atoms with Gasteiger partial charge in [-0.05, 0) is 25.0 Å². The van der Waals surface area contributed by atoms with Crippen molar-refractivity contribution in [1.29, 1.82) is 0 Å². The largest absolute Gasteiger partial charge is 0.337 e. The van der Waals surface area contributed by atoms with E-state index in [-0.39, 0.29) is 0 Å². The lowest BCUT2D eigenvalue weighted by atomic mass is 10.2. The zero-order chi connectivity index (χ0) is 16.1. The maximum absolute atomic E-state index is 6.60. The maximum atomic E-state index is 6.60. The van der Waals surface area contributed by atoms with E-state index < -0.39 is 0 Å². The second-order valence-electron chi connectivity index (χ2n) is 6.21. The molecule has 1 fully saturated rings. The van der Waals surface area contributed by atoms with Crippen molar-refractivity contribution in [3.8, 4) is 11.4 Å². The Kier molecular flexibility index (Phi) is 3.06. The molecule has 5 rings (SSSR count). The van der Waals surface area contributed by atoms with Gasteiger partial charge in [-0.25, -0.2) is 19.6 Å². The number of nitrogens with one attached hydrogen (secondary N) is 1. The number of pyridine rings is 1. The molecule has 0 saturated heterocycles. The van der Waals surface area contributed by atoms with Gasteiger partial charge in [-0.15, -0.1) is 0 Å². The third-order valence-electron chi connectivity index (χ3n) is 4.79. The number of nitrogens with zero attached hydrogens (tertiary/aromatic N) is 5. The lowest BCUT2D eigenvalue weighted by Gasteiger charge is -2.09. The van der Waals surface area contributed by atoms with Gasteiger partial charge in [0.1, 0.15) is 17.7 Å². The first-order valence-corrected chi connectivity index (χ1v) is 8.51. The van der Waals surface area contributed by atoms with Gasteiger partial charge >= 0.3 is 0 Å². The van der Waals surface area contributed by atoms with E-state index in [9.17, 15) is 0 Å². The van der Waals surface area contributed by atoms with Crippen molar-refractivity contribution in [2.75, 3.05) is 0 Å². The van der Waals surface area contributed by atoms with Crippen LogP contribution in [0.3, 0.4) is 0 Å². The monoisotopic (exact) mass is 338 g/mol. The van der Waals surface area contributed by atoms with Crippen LogP contribution in [0.4, 0.5) is 0 Å². The van der Waals surface area contributed by atoms with Crippen molar-refractivity contribution in [3.63, 3.8) is 0 Å². The molecule has 1 aliphatic rings. The van der Waals surface area contributed by atoms with Crippen LogP contribution in [0.2, 0.25) is 5.02 Å². The second-order valence-corrected chi connectivity index (χ2v) is 6.58. The lowest BCUT2D eigenvalue weighted by Crippen LogP contribution is -2.07. The van der Waals surface area contributed by atoms with Gasteiger partial charge in [0.2, 0.25) is 0 Å². The molecule has 1 saturated carbocycles. The van der Waals surface area contributed by atoms with Crippen LogP contribution < -0.4 is 0 Å². The average Bonchev–Trinajstić information content (AvgIpc) is 3.33. The lowest BCUT2D eigenvalue weighted by molar-refractivity contribution is 0.479. The smallest absolute Gasteiger partial charge is 0.162 e. The third-order valence-corrected chi connectivity index (χ3v) is 5.18. The summed E-state index contributed by atoms with van der Waals surface area (Å²) in [5, 5.41) is 7.32. The van der Waals surface area contributed by atoms with Gasteiger partial charge in [-0.2, -0.15) is 5.10 Å². The Bertz CT molecular complexity index is 1040. The van der Waals surface area contributed by atoms with Gasteiger partial charge in [0.15, 0.2) is 5.65 Å². The van der Waals surface area contributed by atoms with E-state index in [0.29, 0.717) is 11.1 Å². The zero-order valence-corrected chi connectivity index (χ0v) is 13.7. The number of hydrogen-bond donors (Lipinski definition) is 1. The molecule has 4 aromatic heterocycles. The second kappa shape index (κ2) is 5.27. The predicted molar refractivity (Wildman–Crippen MR) is 92.9 cm³/mol. The number of halogens is 1. The van der Waals surface area contributed by atoms with Crippen LogP contribution in [0.1, 0.15) is 31.7 Å². The first kappa shape index (κ1) is 13.9. The fourth-order valence-electron chi connectivity index (χ4n) is 3.62. The van der Waals surface area contributed by atoms with E-state index in [2.05, 4.69) is 24.6 Å². The summed E-state index contributed by atoms with van der Waals surface area (Å²) in [6, 6.07) is 4.24. The number of H-pyrrole nitrogens is 1. The number of hydrogen-bond acceptors (Lipinski definition) is 4. The van der Waals surface area contributed by atoms with Crippen molar-refractivity contribution < 1.29 is 0 Å². The number of fused-ring (bicyclic) bond motifs is 2. The van der Waals surface area contributed by atoms with Gasteiger partial charge in [-0.1, -0.05) is 24.4 Å². The van der Waals surface area contributed by atoms with Crippen molar-refractivity contribution in [2.24, 2.45) is 0 Å².